The Morgan fingerprint density at radius 2 is 1.92 bits per heavy atom. The van der Waals surface area contributed by atoms with E-state index in [1.807, 2.05) is 4.72 Å². The zero-order chi connectivity index (χ0) is 10.5. The fourth-order valence-electron chi connectivity index (χ4n) is 0.514. The van der Waals surface area contributed by atoms with Crippen LogP contribution in [-0.2, 0) is 10.2 Å². The molecule has 0 aliphatic carbocycles. The second-order valence-electron chi connectivity index (χ2n) is 2.38. The molecular weight excluding hydrogens is 204 g/mol. The van der Waals surface area contributed by atoms with E-state index in [1.54, 1.807) is 11.6 Å². The molecule has 0 saturated carbocycles. The highest BCUT2D eigenvalue weighted by Gasteiger charge is 2.28. The first-order chi connectivity index (χ1) is 5.83. The Morgan fingerprint density at radius 1 is 1.38 bits per heavy atom. The van der Waals surface area contributed by atoms with Gasteiger partial charge in [0, 0.05) is 6.54 Å². The smallest absolute Gasteiger partial charge is 0.277 e. The predicted molar refractivity (Wildman–Crippen MR) is 44.6 cm³/mol. The van der Waals surface area contributed by atoms with Gasteiger partial charge in [0.25, 0.3) is 16.1 Å². The molecule has 8 heteroatoms. The van der Waals surface area contributed by atoms with Crippen LogP contribution < -0.4 is 15.2 Å². The van der Waals surface area contributed by atoms with Crippen LogP contribution in [0.1, 0.15) is 6.92 Å². The standard InChI is InChI=1S/C5H13F2N3O2S/c1-2-9-13(11,12)10-4-5(6,7)3-8/h9-10H,2-4,8H2,1H3. The number of alkyl halides is 2. The molecule has 0 fully saturated rings. The molecule has 0 amide bonds. The Labute approximate surface area is 75.9 Å². The van der Waals surface area contributed by atoms with E-state index in [2.05, 4.69) is 0 Å². The van der Waals surface area contributed by atoms with Crippen LogP contribution in [0, 0.1) is 0 Å². The van der Waals surface area contributed by atoms with Crippen molar-refractivity contribution in [1.29, 1.82) is 0 Å². The summed E-state index contributed by atoms with van der Waals surface area (Å²) >= 11 is 0. The van der Waals surface area contributed by atoms with Crippen molar-refractivity contribution in [2.24, 2.45) is 5.73 Å². The number of rotatable bonds is 6. The first kappa shape index (κ1) is 12.7. The zero-order valence-corrected chi connectivity index (χ0v) is 8.00. The lowest BCUT2D eigenvalue weighted by atomic mass is 10.3. The van der Waals surface area contributed by atoms with E-state index in [0.29, 0.717) is 0 Å². The van der Waals surface area contributed by atoms with Crippen molar-refractivity contribution in [2.75, 3.05) is 19.6 Å². The maximum absolute atomic E-state index is 12.4. The Balaban J connectivity index is 4.02. The molecule has 4 N–H and O–H groups in total. The summed E-state index contributed by atoms with van der Waals surface area (Å²) in [6, 6.07) is 0. The summed E-state index contributed by atoms with van der Waals surface area (Å²) in [5.74, 6) is -3.21. The minimum atomic E-state index is -3.81. The third-order valence-electron chi connectivity index (χ3n) is 1.15. The minimum Gasteiger partial charge on any atom is -0.325 e. The maximum atomic E-state index is 12.4. The molecule has 5 nitrogen and oxygen atoms in total. The topological polar surface area (TPSA) is 84.2 Å². The van der Waals surface area contributed by atoms with Crippen LogP contribution in [0.25, 0.3) is 0 Å². The number of nitrogens with two attached hydrogens (primary N) is 1. The van der Waals surface area contributed by atoms with Crippen LogP contribution in [0.4, 0.5) is 8.78 Å². The average molecular weight is 217 g/mol. The summed E-state index contributed by atoms with van der Waals surface area (Å²) in [5.41, 5.74) is 4.70. The number of hydrogen-bond donors (Lipinski definition) is 3. The number of nitrogens with one attached hydrogen (secondary N) is 2. The van der Waals surface area contributed by atoms with Gasteiger partial charge in [0.1, 0.15) is 0 Å². The highest BCUT2D eigenvalue weighted by atomic mass is 32.2. The third-order valence-corrected chi connectivity index (χ3v) is 2.35. The van der Waals surface area contributed by atoms with Crippen molar-refractivity contribution < 1.29 is 17.2 Å². The summed E-state index contributed by atoms with van der Waals surface area (Å²) in [6.45, 7) is -0.190. The van der Waals surface area contributed by atoms with Crippen LogP contribution in [0.15, 0.2) is 0 Å². The molecular formula is C5H13F2N3O2S. The van der Waals surface area contributed by atoms with E-state index < -0.39 is 29.2 Å². The first-order valence-electron chi connectivity index (χ1n) is 3.65. The van der Waals surface area contributed by atoms with Gasteiger partial charge < -0.3 is 5.73 Å². The van der Waals surface area contributed by atoms with Gasteiger partial charge in [0.05, 0.1) is 13.1 Å². The lowest BCUT2D eigenvalue weighted by Crippen LogP contribution is -2.45. The Kier molecular flexibility index (Phi) is 4.68. The summed E-state index contributed by atoms with van der Waals surface area (Å²) in [7, 11) is -3.81. The van der Waals surface area contributed by atoms with Crippen LogP contribution in [-0.4, -0.2) is 34.0 Å². The maximum Gasteiger partial charge on any atom is 0.277 e. The van der Waals surface area contributed by atoms with Crippen LogP contribution in [0.5, 0.6) is 0 Å². The van der Waals surface area contributed by atoms with Gasteiger partial charge in [-0.2, -0.15) is 13.1 Å². The summed E-state index contributed by atoms with van der Waals surface area (Å²) in [5, 5.41) is 0. The van der Waals surface area contributed by atoms with Crippen LogP contribution in [0.3, 0.4) is 0 Å². The van der Waals surface area contributed by atoms with Gasteiger partial charge in [-0.1, -0.05) is 6.92 Å². The van der Waals surface area contributed by atoms with E-state index in [-0.39, 0.29) is 6.54 Å². The molecule has 0 aromatic carbocycles. The molecule has 0 unspecified atom stereocenters. The van der Waals surface area contributed by atoms with E-state index in [0.717, 1.165) is 0 Å². The van der Waals surface area contributed by atoms with Crippen LogP contribution in [0.2, 0.25) is 0 Å². The van der Waals surface area contributed by atoms with E-state index in [1.165, 1.54) is 0 Å². The van der Waals surface area contributed by atoms with E-state index in [4.69, 9.17) is 5.73 Å². The Bertz CT molecular complexity index is 242. The molecule has 0 bridgehead atoms. The van der Waals surface area contributed by atoms with Gasteiger partial charge in [-0.25, -0.2) is 13.5 Å². The highest BCUT2D eigenvalue weighted by molar-refractivity contribution is 7.87. The highest BCUT2D eigenvalue weighted by Crippen LogP contribution is 2.08. The van der Waals surface area contributed by atoms with Gasteiger partial charge >= 0.3 is 0 Å². The van der Waals surface area contributed by atoms with Crippen molar-refractivity contribution in [3.8, 4) is 0 Å². The van der Waals surface area contributed by atoms with Gasteiger partial charge in [0.15, 0.2) is 0 Å². The number of hydrogen-bond acceptors (Lipinski definition) is 3. The third kappa shape index (κ3) is 5.86. The van der Waals surface area contributed by atoms with Crippen molar-refractivity contribution in [3.05, 3.63) is 0 Å². The van der Waals surface area contributed by atoms with Gasteiger partial charge in [-0.3, -0.25) is 0 Å². The Morgan fingerprint density at radius 3 is 2.31 bits per heavy atom. The quantitative estimate of drug-likeness (QED) is 0.535. The summed E-state index contributed by atoms with van der Waals surface area (Å²) < 4.78 is 50.2. The monoisotopic (exact) mass is 217 g/mol. The molecule has 0 spiro atoms. The molecule has 0 atom stereocenters. The van der Waals surface area contributed by atoms with Gasteiger partial charge in [-0.15, -0.1) is 0 Å². The SMILES string of the molecule is CCNS(=O)(=O)NCC(F)(F)CN. The van der Waals surface area contributed by atoms with Crippen molar-refractivity contribution in [2.45, 2.75) is 12.8 Å². The molecule has 0 rings (SSSR count). The van der Waals surface area contributed by atoms with Crippen LogP contribution >= 0.6 is 0 Å². The lowest BCUT2D eigenvalue weighted by Gasteiger charge is -2.14. The molecule has 0 aliphatic heterocycles. The normalized spacial score (nSPS) is 13.2. The molecule has 0 aromatic heterocycles. The Hall–Kier alpha value is -0.310. The summed E-state index contributed by atoms with van der Waals surface area (Å²) in [4.78, 5) is 0. The predicted octanol–water partition coefficient (Wildman–Crippen LogP) is -0.976. The lowest BCUT2D eigenvalue weighted by molar-refractivity contribution is 0.0169. The van der Waals surface area contributed by atoms with Gasteiger partial charge in [0.2, 0.25) is 0 Å². The second kappa shape index (κ2) is 4.80. The van der Waals surface area contributed by atoms with Gasteiger partial charge in [-0.05, 0) is 0 Å². The molecule has 0 saturated heterocycles. The van der Waals surface area contributed by atoms with E-state index in [9.17, 15) is 17.2 Å². The molecule has 0 heterocycles. The van der Waals surface area contributed by atoms with E-state index >= 15 is 0 Å². The molecule has 80 valence electrons. The fraction of sp³-hybridized carbons (Fsp3) is 1.00. The molecule has 0 aromatic rings. The molecule has 0 radical (unpaired) electrons. The number of halogens is 2. The first-order valence-corrected chi connectivity index (χ1v) is 5.13. The van der Waals surface area contributed by atoms with Crippen molar-refractivity contribution in [1.82, 2.24) is 9.44 Å². The second-order valence-corrected chi connectivity index (χ2v) is 3.97. The van der Waals surface area contributed by atoms with Crippen molar-refractivity contribution >= 4 is 10.2 Å². The summed E-state index contributed by atoms with van der Waals surface area (Å²) in [6.07, 6.45) is 0. The largest absolute Gasteiger partial charge is 0.325 e. The van der Waals surface area contributed by atoms with Crippen molar-refractivity contribution in [3.63, 3.8) is 0 Å². The zero-order valence-electron chi connectivity index (χ0n) is 7.18. The fourth-order valence-corrected chi connectivity index (χ4v) is 1.40. The molecule has 0 aliphatic rings. The average Bonchev–Trinajstić information content (AvgIpc) is 2.02. The minimum absolute atomic E-state index is 0.142. The molecule has 13 heavy (non-hydrogen) atoms.